The first-order valence-corrected chi connectivity index (χ1v) is 24.4. The highest BCUT2D eigenvalue weighted by Gasteiger charge is 2.26. The van der Waals surface area contributed by atoms with Crippen molar-refractivity contribution >= 4 is 54.6 Å². The zero-order valence-corrected chi connectivity index (χ0v) is 40.6. The molecule has 4 heterocycles. The maximum absolute atomic E-state index is 5.66. The molecule has 5 nitrogen and oxygen atoms in total. The molecule has 1 N–H and O–H groups in total. The third-order valence-corrected chi connectivity index (χ3v) is 14.4. The van der Waals surface area contributed by atoms with E-state index in [4.69, 9.17) is 9.97 Å². The van der Waals surface area contributed by atoms with Gasteiger partial charge >= 0.3 is 0 Å². The lowest BCUT2D eigenvalue weighted by Crippen LogP contribution is -2.02. The molecule has 0 aliphatic carbocycles. The van der Waals surface area contributed by atoms with Crippen molar-refractivity contribution in [1.82, 2.24) is 24.1 Å². The Hall–Kier alpha value is -8.02. The molecule has 0 amide bonds. The van der Waals surface area contributed by atoms with Crippen LogP contribution in [0.15, 0.2) is 170 Å². The Bertz CT molecular complexity index is 3960. The summed E-state index contributed by atoms with van der Waals surface area (Å²) in [6, 6.07) is 60.2. The largest absolute Gasteiger partial charge is 0.354 e. The lowest BCUT2D eigenvalue weighted by molar-refractivity contribution is 0.838. The van der Waals surface area contributed by atoms with Gasteiger partial charge in [-0.1, -0.05) is 136 Å². The normalized spacial score (nSPS) is 12.0. The van der Waals surface area contributed by atoms with E-state index in [9.17, 15) is 0 Å². The number of rotatable bonds is 8. The number of aromatic nitrogens is 5. The molecule has 0 aliphatic heterocycles. The number of hydrogen-bond donors (Lipinski definition) is 1. The van der Waals surface area contributed by atoms with E-state index in [0.29, 0.717) is 11.8 Å². The van der Waals surface area contributed by atoms with Crippen LogP contribution in [0.25, 0.3) is 111 Å². The highest BCUT2D eigenvalue weighted by molar-refractivity contribution is 6.18. The number of H-pyrrole nitrogens is 1. The lowest BCUT2D eigenvalue weighted by Gasteiger charge is -2.22. The Balaban J connectivity index is 1.18. The molecule has 0 bridgehead atoms. The second-order valence-electron chi connectivity index (χ2n) is 19.7. The van der Waals surface area contributed by atoms with Crippen molar-refractivity contribution in [3.63, 3.8) is 0 Å². The molecule has 0 radical (unpaired) electrons. The predicted octanol–water partition coefficient (Wildman–Crippen LogP) is 17.3. The Morgan fingerprint density at radius 1 is 0.478 bits per heavy atom. The molecule has 0 spiro atoms. The molecule has 0 saturated carbocycles. The number of hydrogen-bond acceptors (Lipinski definition) is 2. The van der Waals surface area contributed by atoms with Gasteiger partial charge in [0.1, 0.15) is 11.6 Å². The highest BCUT2D eigenvalue weighted by atomic mass is 15.1. The first-order chi connectivity index (χ1) is 33.5. The van der Waals surface area contributed by atoms with Gasteiger partial charge in [-0.25, -0.2) is 9.97 Å². The summed E-state index contributed by atoms with van der Waals surface area (Å²) in [5.74, 6) is 2.48. The van der Waals surface area contributed by atoms with Crippen molar-refractivity contribution in [3.05, 3.63) is 203 Å². The zero-order chi connectivity index (χ0) is 47.2. The molecule has 12 aromatic rings. The molecule has 5 heteroatoms. The van der Waals surface area contributed by atoms with Crippen LogP contribution in [-0.4, -0.2) is 24.1 Å². The number of aromatic amines is 1. The molecule has 0 fully saturated rings. The maximum Gasteiger partial charge on any atom is 0.147 e. The van der Waals surface area contributed by atoms with Crippen molar-refractivity contribution in [2.75, 3.05) is 0 Å². The van der Waals surface area contributed by atoms with Gasteiger partial charge in [0.2, 0.25) is 0 Å². The van der Waals surface area contributed by atoms with Crippen molar-refractivity contribution < 1.29 is 0 Å². The molecule has 69 heavy (non-hydrogen) atoms. The monoisotopic (exact) mass is 893 g/mol. The second kappa shape index (κ2) is 16.3. The van der Waals surface area contributed by atoms with Crippen LogP contribution in [-0.2, 0) is 0 Å². The van der Waals surface area contributed by atoms with Gasteiger partial charge in [-0.05, 0) is 156 Å². The van der Waals surface area contributed by atoms with Crippen molar-refractivity contribution in [2.45, 2.75) is 67.2 Å². The van der Waals surface area contributed by atoms with E-state index in [0.717, 1.165) is 72.7 Å². The van der Waals surface area contributed by atoms with Gasteiger partial charge in [0.05, 0.1) is 27.6 Å². The molecule has 336 valence electrons. The summed E-state index contributed by atoms with van der Waals surface area (Å²) in [5.41, 5.74) is 23.5. The standard InChI is InChI=1S/C64H55N5/c1-37(2)46-20-14-21-47(38(3)4)60(46)44-34-53(59-41(7)31-40(6)32-42(59)8)61-51-28-27-43(35-56(51)69(57(61)36-44)58-33-39(5)29-30-65-58)48-22-16-26-55-63(48)67-64(68(55)45-17-10-9-11-18-45)52-24-15-23-50-49-19-12-13-25-54(49)66-62(50)52/h9-38,66H,1-8H3. The van der Waals surface area contributed by atoms with Crippen molar-refractivity contribution in [1.29, 1.82) is 0 Å². The minimum atomic E-state index is 0.344. The topological polar surface area (TPSA) is 51.4 Å². The number of benzene rings is 8. The van der Waals surface area contributed by atoms with Crippen molar-refractivity contribution in [3.8, 4) is 56.3 Å². The van der Waals surface area contributed by atoms with E-state index < -0.39 is 0 Å². The van der Waals surface area contributed by atoms with Crippen LogP contribution in [0.5, 0.6) is 0 Å². The lowest BCUT2D eigenvalue weighted by atomic mass is 9.82. The summed E-state index contributed by atoms with van der Waals surface area (Å²) in [6.45, 7) is 18.2. The molecule has 0 aliphatic rings. The fourth-order valence-electron chi connectivity index (χ4n) is 11.4. The summed E-state index contributed by atoms with van der Waals surface area (Å²) < 4.78 is 4.75. The fourth-order valence-corrected chi connectivity index (χ4v) is 11.4. The molecular weight excluding hydrogens is 839 g/mol. The van der Waals surface area contributed by atoms with E-state index in [1.807, 2.05) is 6.20 Å². The minimum absolute atomic E-state index is 0.344. The number of nitrogens with one attached hydrogen (secondary N) is 1. The number of aryl methyl sites for hydroxylation is 4. The van der Waals surface area contributed by atoms with E-state index in [1.165, 1.54) is 71.6 Å². The molecule has 0 atom stereocenters. The molecule has 8 aromatic carbocycles. The van der Waals surface area contributed by atoms with E-state index >= 15 is 0 Å². The number of nitrogens with zero attached hydrogens (tertiary/aromatic N) is 4. The van der Waals surface area contributed by atoms with Gasteiger partial charge in [0, 0.05) is 50.1 Å². The first kappa shape index (κ1) is 42.3. The number of para-hydroxylation sites is 4. The van der Waals surface area contributed by atoms with E-state index in [2.05, 4.69) is 233 Å². The Morgan fingerprint density at radius 2 is 1.16 bits per heavy atom. The van der Waals surface area contributed by atoms with Gasteiger partial charge in [-0.2, -0.15) is 0 Å². The van der Waals surface area contributed by atoms with Crippen LogP contribution in [0.4, 0.5) is 0 Å². The van der Waals surface area contributed by atoms with Gasteiger partial charge in [0.25, 0.3) is 0 Å². The Morgan fingerprint density at radius 3 is 1.91 bits per heavy atom. The quantitative estimate of drug-likeness (QED) is 0.165. The van der Waals surface area contributed by atoms with Crippen LogP contribution in [0.1, 0.15) is 72.9 Å². The number of imidazole rings is 1. The predicted molar refractivity (Wildman–Crippen MR) is 291 cm³/mol. The number of pyridine rings is 1. The van der Waals surface area contributed by atoms with Crippen LogP contribution >= 0.6 is 0 Å². The first-order valence-electron chi connectivity index (χ1n) is 24.4. The molecule has 4 aromatic heterocycles. The Kier molecular flexibility index (Phi) is 10.0. The average molecular weight is 894 g/mol. The summed E-state index contributed by atoms with van der Waals surface area (Å²) >= 11 is 0. The average Bonchev–Trinajstić information content (AvgIpc) is 4.03. The van der Waals surface area contributed by atoms with Crippen molar-refractivity contribution in [2.24, 2.45) is 0 Å². The van der Waals surface area contributed by atoms with Gasteiger partial charge in [-0.3, -0.25) is 9.13 Å². The summed E-state index contributed by atoms with van der Waals surface area (Å²) in [7, 11) is 0. The molecule has 12 rings (SSSR count). The summed E-state index contributed by atoms with van der Waals surface area (Å²) in [5, 5.41) is 4.81. The zero-order valence-electron chi connectivity index (χ0n) is 40.6. The van der Waals surface area contributed by atoms with Gasteiger partial charge in [0.15, 0.2) is 0 Å². The number of fused-ring (bicyclic) bond motifs is 7. The molecule has 0 saturated heterocycles. The van der Waals surface area contributed by atoms with Crippen LogP contribution in [0, 0.1) is 27.7 Å². The smallest absolute Gasteiger partial charge is 0.147 e. The van der Waals surface area contributed by atoms with E-state index in [1.54, 1.807) is 0 Å². The van der Waals surface area contributed by atoms with E-state index in [-0.39, 0.29) is 0 Å². The molecule has 0 unspecified atom stereocenters. The maximum atomic E-state index is 5.66. The second-order valence-corrected chi connectivity index (χ2v) is 19.7. The summed E-state index contributed by atoms with van der Waals surface area (Å²) in [6.07, 6.45) is 1.95. The Labute approximate surface area is 403 Å². The van der Waals surface area contributed by atoms with Gasteiger partial charge < -0.3 is 4.98 Å². The fraction of sp³-hybridized carbons (Fsp3) is 0.156. The third kappa shape index (κ3) is 6.82. The minimum Gasteiger partial charge on any atom is -0.354 e. The van der Waals surface area contributed by atoms with Gasteiger partial charge in [-0.15, -0.1) is 0 Å². The van der Waals surface area contributed by atoms with Crippen LogP contribution in [0.2, 0.25) is 0 Å². The third-order valence-electron chi connectivity index (χ3n) is 14.4. The summed E-state index contributed by atoms with van der Waals surface area (Å²) in [4.78, 5) is 14.6. The molecular formula is C64H55N5. The highest BCUT2D eigenvalue weighted by Crippen LogP contribution is 2.47. The van der Waals surface area contributed by atoms with Crippen LogP contribution in [0.3, 0.4) is 0 Å². The van der Waals surface area contributed by atoms with Crippen LogP contribution < -0.4 is 0 Å². The SMILES string of the molecule is Cc1ccnc(-n2c3cc(-c4cccc5c4nc(-c4cccc6c4[nH]c4ccccc46)n5-c4ccccc4)ccc3c3c(-c4c(C)cc(C)cc4C)cc(-c4c(C(C)C)cccc4C(C)C)cc32)c1.